The van der Waals surface area contributed by atoms with Crippen molar-refractivity contribution in [3.05, 3.63) is 22.4 Å². The highest BCUT2D eigenvalue weighted by Gasteiger charge is 2.16. The second-order valence-corrected chi connectivity index (χ2v) is 5.15. The van der Waals surface area contributed by atoms with Crippen molar-refractivity contribution in [2.75, 3.05) is 0 Å². The number of hydrogen-bond donors (Lipinski definition) is 1. The molecule has 0 saturated heterocycles. The maximum atomic E-state index is 11.0. The average molecular weight is 274 g/mol. The van der Waals surface area contributed by atoms with Gasteiger partial charge in [-0.25, -0.2) is 4.79 Å². The van der Waals surface area contributed by atoms with Gasteiger partial charge in [0, 0.05) is 16.7 Å². The van der Waals surface area contributed by atoms with Crippen LogP contribution in [0, 0.1) is 5.92 Å². The van der Waals surface area contributed by atoms with Crippen LogP contribution in [-0.2, 0) is 0 Å². The highest BCUT2D eigenvalue weighted by Crippen LogP contribution is 2.23. The van der Waals surface area contributed by atoms with E-state index in [-0.39, 0.29) is 6.04 Å². The molecule has 1 aromatic heterocycles. The Labute approximate surface area is 98.2 Å². The van der Waals surface area contributed by atoms with Crippen LogP contribution in [0.25, 0.3) is 0 Å². The lowest BCUT2D eigenvalue weighted by Crippen LogP contribution is -2.13. The third kappa shape index (κ3) is 3.09. The molecule has 0 aromatic carbocycles. The molecule has 0 aliphatic heterocycles. The van der Waals surface area contributed by atoms with Crippen LogP contribution in [0.5, 0.6) is 0 Å². The Hall–Kier alpha value is -0.770. The maximum Gasteiger partial charge on any atom is 0.352 e. The Balaban J connectivity index is 2.96. The van der Waals surface area contributed by atoms with E-state index in [1.165, 1.54) is 0 Å². The number of carbonyl (C=O) groups is 1. The van der Waals surface area contributed by atoms with E-state index < -0.39 is 5.97 Å². The van der Waals surface area contributed by atoms with Crippen LogP contribution in [-0.4, -0.2) is 15.6 Å². The molecule has 0 saturated carbocycles. The van der Waals surface area contributed by atoms with E-state index >= 15 is 0 Å². The van der Waals surface area contributed by atoms with Gasteiger partial charge in [-0.05, 0) is 41.3 Å². The summed E-state index contributed by atoms with van der Waals surface area (Å²) in [5, 5.41) is 9.02. The van der Waals surface area contributed by atoms with Crippen LogP contribution >= 0.6 is 15.9 Å². The molecule has 0 fully saturated rings. The molecule has 1 rings (SSSR count). The fraction of sp³-hybridized carbons (Fsp3) is 0.545. The zero-order valence-electron chi connectivity index (χ0n) is 9.20. The lowest BCUT2D eigenvalue weighted by Gasteiger charge is -2.17. The predicted octanol–water partition coefficient (Wildman–Crippen LogP) is 3.56. The standard InChI is InChI=1S/C11H16BrNO2/c1-7(2)4-8(3)13-6-9(12)5-10(13)11(14)15/h5-8H,4H2,1-3H3,(H,14,15). The summed E-state index contributed by atoms with van der Waals surface area (Å²) in [5.41, 5.74) is 0.343. The average Bonchev–Trinajstić information content (AvgIpc) is 2.46. The van der Waals surface area contributed by atoms with Gasteiger partial charge in [-0.15, -0.1) is 0 Å². The van der Waals surface area contributed by atoms with Crippen LogP contribution in [0.4, 0.5) is 0 Å². The lowest BCUT2D eigenvalue weighted by molar-refractivity contribution is 0.0682. The normalized spacial score (nSPS) is 13.1. The molecule has 1 unspecified atom stereocenters. The van der Waals surface area contributed by atoms with Gasteiger partial charge in [0.25, 0.3) is 0 Å². The molecule has 0 aliphatic rings. The molecule has 1 atom stereocenters. The van der Waals surface area contributed by atoms with Crippen molar-refractivity contribution in [1.29, 1.82) is 0 Å². The van der Waals surface area contributed by atoms with Crippen molar-refractivity contribution in [2.45, 2.75) is 33.2 Å². The monoisotopic (exact) mass is 273 g/mol. The summed E-state index contributed by atoms with van der Waals surface area (Å²) in [7, 11) is 0. The molecule has 0 bridgehead atoms. The van der Waals surface area contributed by atoms with E-state index in [4.69, 9.17) is 5.11 Å². The zero-order valence-corrected chi connectivity index (χ0v) is 10.8. The number of nitrogens with zero attached hydrogens (tertiary/aromatic N) is 1. The van der Waals surface area contributed by atoms with Crippen LogP contribution in [0.2, 0.25) is 0 Å². The predicted molar refractivity (Wildman–Crippen MR) is 63.3 cm³/mol. The van der Waals surface area contributed by atoms with Gasteiger partial charge >= 0.3 is 5.97 Å². The summed E-state index contributed by atoms with van der Waals surface area (Å²) in [6, 6.07) is 1.85. The molecule has 84 valence electrons. The smallest absolute Gasteiger partial charge is 0.352 e. The van der Waals surface area contributed by atoms with Gasteiger partial charge in [0.1, 0.15) is 5.69 Å². The molecule has 1 N–H and O–H groups in total. The molecule has 1 aromatic rings. The van der Waals surface area contributed by atoms with E-state index in [1.54, 1.807) is 6.07 Å². The summed E-state index contributed by atoms with van der Waals surface area (Å²) in [4.78, 5) is 11.0. The second-order valence-electron chi connectivity index (χ2n) is 4.23. The van der Waals surface area contributed by atoms with Gasteiger partial charge in [0.15, 0.2) is 0 Å². The lowest BCUT2D eigenvalue weighted by atomic mass is 10.1. The molecule has 3 nitrogen and oxygen atoms in total. The van der Waals surface area contributed by atoms with Gasteiger partial charge in [0.2, 0.25) is 0 Å². The fourth-order valence-electron chi connectivity index (χ4n) is 1.78. The first-order chi connectivity index (χ1) is 6.91. The third-order valence-corrected chi connectivity index (χ3v) is 2.76. The van der Waals surface area contributed by atoms with Gasteiger partial charge < -0.3 is 9.67 Å². The molecule has 0 spiro atoms. The highest BCUT2D eigenvalue weighted by molar-refractivity contribution is 9.10. The van der Waals surface area contributed by atoms with Gasteiger partial charge in [-0.2, -0.15) is 0 Å². The number of rotatable bonds is 4. The Bertz CT molecular complexity index is 357. The maximum absolute atomic E-state index is 11.0. The highest BCUT2D eigenvalue weighted by atomic mass is 79.9. The number of halogens is 1. The Morgan fingerprint density at radius 2 is 2.13 bits per heavy atom. The molecule has 15 heavy (non-hydrogen) atoms. The van der Waals surface area contributed by atoms with Crippen LogP contribution in [0.1, 0.15) is 43.7 Å². The largest absolute Gasteiger partial charge is 0.477 e. The molecule has 0 radical (unpaired) electrons. The molecule has 0 amide bonds. The fourth-order valence-corrected chi connectivity index (χ4v) is 2.21. The molecular weight excluding hydrogens is 258 g/mol. The summed E-state index contributed by atoms with van der Waals surface area (Å²) >= 11 is 3.30. The number of hydrogen-bond acceptors (Lipinski definition) is 1. The molecular formula is C11H16BrNO2. The third-order valence-electron chi connectivity index (χ3n) is 2.32. The number of carboxylic acids is 1. The van der Waals surface area contributed by atoms with Gasteiger partial charge in [-0.3, -0.25) is 0 Å². The second kappa shape index (κ2) is 4.84. The molecule has 0 aliphatic carbocycles. The van der Waals surface area contributed by atoms with Crippen molar-refractivity contribution in [3.63, 3.8) is 0 Å². The summed E-state index contributed by atoms with van der Waals surface area (Å²) in [6.45, 7) is 6.31. The van der Waals surface area contributed by atoms with E-state index in [1.807, 2.05) is 17.7 Å². The van der Waals surface area contributed by atoms with Crippen molar-refractivity contribution >= 4 is 21.9 Å². The first kappa shape index (κ1) is 12.3. The van der Waals surface area contributed by atoms with Crippen molar-refractivity contribution in [3.8, 4) is 0 Å². The minimum absolute atomic E-state index is 0.211. The summed E-state index contributed by atoms with van der Waals surface area (Å²) in [5.74, 6) is -0.320. The quantitative estimate of drug-likeness (QED) is 0.912. The zero-order chi connectivity index (χ0) is 11.6. The number of aromatic nitrogens is 1. The molecule has 4 heteroatoms. The van der Waals surface area contributed by atoms with Crippen molar-refractivity contribution < 1.29 is 9.90 Å². The Kier molecular flexibility index (Phi) is 3.97. The summed E-state index contributed by atoms with van der Waals surface area (Å²) in [6.07, 6.45) is 2.80. The van der Waals surface area contributed by atoms with Crippen LogP contribution in [0.3, 0.4) is 0 Å². The van der Waals surface area contributed by atoms with Crippen molar-refractivity contribution in [2.24, 2.45) is 5.92 Å². The van der Waals surface area contributed by atoms with E-state index in [2.05, 4.69) is 29.8 Å². The SMILES string of the molecule is CC(C)CC(C)n1cc(Br)cc1C(=O)O. The topological polar surface area (TPSA) is 42.2 Å². The van der Waals surface area contributed by atoms with Gasteiger partial charge in [0.05, 0.1) is 0 Å². The van der Waals surface area contributed by atoms with Crippen LogP contribution in [0.15, 0.2) is 16.7 Å². The summed E-state index contributed by atoms with van der Waals surface area (Å²) < 4.78 is 2.63. The Morgan fingerprint density at radius 1 is 1.53 bits per heavy atom. The van der Waals surface area contributed by atoms with Crippen LogP contribution < -0.4 is 0 Å². The minimum atomic E-state index is -0.878. The Morgan fingerprint density at radius 3 is 2.60 bits per heavy atom. The van der Waals surface area contributed by atoms with Gasteiger partial charge in [-0.1, -0.05) is 13.8 Å². The van der Waals surface area contributed by atoms with E-state index in [9.17, 15) is 4.79 Å². The van der Waals surface area contributed by atoms with E-state index in [0.29, 0.717) is 11.6 Å². The van der Waals surface area contributed by atoms with Crippen molar-refractivity contribution in [1.82, 2.24) is 4.57 Å². The molecule has 1 heterocycles. The minimum Gasteiger partial charge on any atom is -0.477 e. The first-order valence-corrected chi connectivity index (χ1v) is 5.81. The number of carboxylic acid groups (broad SMARTS) is 1. The first-order valence-electron chi connectivity index (χ1n) is 5.02. The number of aromatic carboxylic acids is 1. The van der Waals surface area contributed by atoms with E-state index in [0.717, 1.165) is 10.9 Å².